The molecule has 2 heterocycles. The third-order valence-electron chi connectivity index (χ3n) is 10.0. The number of anilines is 1. The Morgan fingerprint density at radius 2 is 1.06 bits per heavy atom. The molecule has 0 radical (unpaired) electrons. The van der Waals surface area contributed by atoms with E-state index in [9.17, 15) is 19.2 Å². The monoisotopic (exact) mass is 678 g/mol. The Balaban J connectivity index is 1.05. The topological polar surface area (TPSA) is 93.2 Å². The van der Waals surface area contributed by atoms with Crippen LogP contribution in [0.25, 0.3) is 11.1 Å². The predicted octanol–water partition coefficient (Wildman–Crippen LogP) is 10.0. The highest BCUT2D eigenvalue weighted by atomic mass is 16.5. The maximum absolute atomic E-state index is 13.6. The summed E-state index contributed by atoms with van der Waals surface area (Å²) >= 11 is 0. The Morgan fingerprint density at radius 1 is 0.569 bits per heavy atom. The molecule has 4 amide bonds. The zero-order chi connectivity index (χ0) is 36.0. The lowest BCUT2D eigenvalue weighted by Crippen LogP contribution is -2.47. The summed E-state index contributed by atoms with van der Waals surface area (Å²) in [6.07, 6.45) is 1.69. The third-order valence-corrected chi connectivity index (χ3v) is 10.0. The van der Waals surface area contributed by atoms with Gasteiger partial charge in [-0.05, 0) is 122 Å². The summed E-state index contributed by atoms with van der Waals surface area (Å²) in [6.45, 7) is 10.1. The maximum Gasteiger partial charge on any atom is 0.266 e. The van der Waals surface area contributed by atoms with Gasteiger partial charge in [0, 0.05) is 11.6 Å². The van der Waals surface area contributed by atoms with Crippen molar-refractivity contribution < 1.29 is 28.7 Å². The van der Waals surface area contributed by atoms with E-state index in [0.717, 1.165) is 17.1 Å². The van der Waals surface area contributed by atoms with Crippen molar-refractivity contribution in [3.8, 4) is 34.1 Å². The van der Waals surface area contributed by atoms with Gasteiger partial charge in [-0.3, -0.25) is 24.1 Å². The van der Waals surface area contributed by atoms with Crippen molar-refractivity contribution >= 4 is 29.3 Å². The van der Waals surface area contributed by atoms with Crippen molar-refractivity contribution in [2.45, 2.75) is 58.9 Å². The molecule has 5 aromatic rings. The number of carbonyl (C=O) groups is 4. The minimum Gasteiger partial charge on any atom is -0.457 e. The molecule has 5 aromatic carbocycles. The molecule has 1 atom stereocenters. The van der Waals surface area contributed by atoms with Crippen molar-refractivity contribution in [1.29, 1.82) is 0 Å². The van der Waals surface area contributed by atoms with Crippen LogP contribution in [0.5, 0.6) is 23.0 Å². The Labute approximate surface area is 297 Å². The second-order valence-corrected chi connectivity index (χ2v) is 13.6. The first kappa shape index (κ1) is 33.5. The van der Waals surface area contributed by atoms with Gasteiger partial charge in [0.15, 0.2) is 0 Å². The van der Waals surface area contributed by atoms with Gasteiger partial charge in [0.2, 0.25) is 0 Å². The van der Waals surface area contributed by atoms with E-state index in [4.69, 9.17) is 9.47 Å². The van der Waals surface area contributed by atoms with Gasteiger partial charge in [-0.2, -0.15) is 0 Å². The zero-order valence-electron chi connectivity index (χ0n) is 29.2. The normalized spacial score (nSPS) is 14.5. The largest absolute Gasteiger partial charge is 0.457 e. The molecule has 2 aliphatic rings. The first-order valence-corrected chi connectivity index (χ1v) is 17.2. The van der Waals surface area contributed by atoms with Gasteiger partial charge >= 0.3 is 0 Å². The highest BCUT2D eigenvalue weighted by molar-refractivity contribution is 6.34. The fourth-order valence-corrected chi connectivity index (χ4v) is 6.42. The summed E-state index contributed by atoms with van der Waals surface area (Å²) in [5.41, 5.74) is 3.63. The molecule has 0 bridgehead atoms. The minimum atomic E-state index is -0.623. The number of hydrogen-bond acceptors (Lipinski definition) is 6. The van der Waals surface area contributed by atoms with E-state index in [1.54, 1.807) is 66.7 Å². The Hall–Kier alpha value is -6.02. The molecule has 8 nitrogen and oxygen atoms in total. The van der Waals surface area contributed by atoms with Crippen LogP contribution in [0.3, 0.4) is 0 Å². The number of fused-ring (bicyclic) bond motifs is 2. The molecule has 0 N–H and O–H groups in total. The number of rotatable bonds is 10. The van der Waals surface area contributed by atoms with Crippen molar-refractivity contribution in [2.75, 3.05) is 4.90 Å². The molecule has 0 saturated carbocycles. The van der Waals surface area contributed by atoms with Crippen LogP contribution in [0, 0.1) is 0 Å². The summed E-state index contributed by atoms with van der Waals surface area (Å²) in [5.74, 6) is 1.44. The molecule has 0 saturated heterocycles. The molecular formula is C43H38N2O6. The minimum absolute atomic E-state index is 0.265. The molecular weight excluding hydrogens is 640 g/mol. The van der Waals surface area contributed by atoms with Crippen LogP contribution in [0.15, 0.2) is 109 Å². The summed E-state index contributed by atoms with van der Waals surface area (Å²) in [7, 11) is 0. The SMILES string of the molecule is CCC(C)c1ccc(Oc2cccc(Oc3ccc(N4C(=O)c5ccc(-c6ccc7c(c6)C(=O)N(C(C)(C)CC)C7=O)cc5C4=O)cc3)c2)cc1. The van der Waals surface area contributed by atoms with E-state index >= 15 is 0 Å². The molecule has 1 unspecified atom stereocenters. The first-order chi connectivity index (χ1) is 24.5. The number of amides is 4. The number of ether oxygens (including phenoxy) is 2. The molecule has 51 heavy (non-hydrogen) atoms. The lowest BCUT2D eigenvalue weighted by Gasteiger charge is -2.32. The molecule has 0 aromatic heterocycles. The predicted molar refractivity (Wildman–Crippen MR) is 196 cm³/mol. The fraction of sp³-hybridized carbons (Fsp3) is 0.209. The summed E-state index contributed by atoms with van der Waals surface area (Å²) in [5, 5.41) is 0. The third kappa shape index (κ3) is 6.07. The van der Waals surface area contributed by atoms with Crippen molar-refractivity contribution in [3.63, 3.8) is 0 Å². The molecule has 8 heteroatoms. The van der Waals surface area contributed by atoms with Gasteiger partial charge in [0.05, 0.1) is 27.9 Å². The Bertz CT molecular complexity index is 2200. The summed E-state index contributed by atoms with van der Waals surface area (Å²) < 4.78 is 12.1. The quantitative estimate of drug-likeness (QED) is 0.137. The van der Waals surface area contributed by atoms with Crippen molar-refractivity contribution in [1.82, 2.24) is 4.90 Å². The van der Waals surface area contributed by atoms with Gasteiger partial charge in [-0.15, -0.1) is 0 Å². The maximum atomic E-state index is 13.6. The summed E-state index contributed by atoms with van der Waals surface area (Å²) in [4.78, 5) is 56.0. The van der Waals surface area contributed by atoms with E-state index in [2.05, 4.69) is 26.0 Å². The van der Waals surface area contributed by atoms with Crippen LogP contribution in [0.1, 0.15) is 100 Å². The average molecular weight is 679 g/mol. The molecule has 2 aliphatic heterocycles. The first-order valence-electron chi connectivity index (χ1n) is 17.2. The Kier molecular flexibility index (Phi) is 8.55. The van der Waals surface area contributed by atoms with Gasteiger partial charge < -0.3 is 9.47 Å². The highest BCUT2D eigenvalue weighted by Gasteiger charge is 2.43. The second-order valence-electron chi connectivity index (χ2n) is 13.6. The lowest BCUT2D eigenvalue weighted by molar-refractivity contribution is 0.0474. The van der Waals surface area contributed by atoms with Crippen LogP contribution in [0.2, 0.25) is 0 Å². The van der Waals surface area contributed by atoms with Crippen LogP contribution >= 0.6 is 0 Å². The van der Waals surface area contributed by atoms with Crippen LogP contribution in [-0.4, -0.2) is 34.1 Å². The Morgan fingerprint density at radius 3 is 1.61 bits per heavy atom. The number of imide groups is 2. The molecule has 256 valence electrons. The van der Waals surface area contributed by atoms with E-state index in [1.165, 1.54) is 10.5 Å². The van der Waals surface area contributed by atoms with Gasteiger partial charge in [-0.1, -0.05) is 51.1 Å². The molecule has 7 rings (SSSR count). The van der Waals surface area contributed by atoms with Gasteiger partial charge in [-0.25, -0.2) is 4.90 Å². The second kappa shape index (κ2) is 13.0. The fourth-order valence-electron chi connectivity index (χ4n) is 6.42. The molecule has 0 fully saturated rings. The smallest absolute Gasteiger partial charge is 0.266 e. The van der Waals surface area contributed by atoms with Crippen molar-refractivity contribution in [2.24, 2.45) is 0 Å². The number of carbonyl (C=O) groups excluding carboxylic acids is 4. The number of nitrogens with zero attached hydrogens (tertiary/aromatic N) is 2. The van der Waals surface area contributed by atoms with E-state index in [0.29, 0.717) is 63.1 Å². The van der Waals surface area contributed by atoms with Gasteiger partial charge in [0.1, 0.15) is 23.0 Å². The van der Waals surface area contributed by atoms with Crippen molar-refractivity contribution in [3.05, 3.63) is 137 Å². The van der Waals surface area contributed by atoms with E-state index in [-0.39, 0.29) is 17.4 Å². The van der Waals surface area contributed by atoms with Crippen LogP contribution < -0.4 is 14.4 Å². The van der Waals surface area contributed by atoms with Crippen LogP contribution in [0.4, 0.5) is 5.69 Å². The average Bonchev–Trinajstić information content (AvgIpc) is 3.55. The molecule has 0 spiro atoms. The highest BCUT2D eigenvalue weighted by Crippen LogP contribution is 2.37. The number of benzene rings is 5. The summed E-state index contributed by atoms with van der Waals surface area (Å²) in [6, 6.07) is 32.3. The van der Waals surface area contributed by atoms with E-state index in [1.807, 2.05) is 51.1 Å². The lowest BCUT2D eigenvalue weighted by atomic mass is 9.97. The molecule has 0 aliphatic carbocycles. The number of hydrogen-bond donors (Lipinski definition) is 0. The van der Waals surface area contributed by atoms with E-state index < -0.39 is 17.4 Å². The zero-order valence-corrected chi connectivity index (χ0v) is 29.2. The van der Waals surface area contributed by atoms with Gasteiger partial charge in [0.25, 0.3) is 23.6 Å². The standard InChI is InChI=1S/C43H38N2O6/c1-6-26(3)27-11-17-31(18-12-27)50-33-9-8-10-34(25-33)51-32-19-15-30(16-20-32)44-39(46)35-21-13-28(23-37(35)40(44)47)29-14-22-36-38(24-29)42(49)45(41(36)48)43(4,5)7-2/h8-26H,6-7H2,1-5H3. The van der Waals surface area contributed by atoms with Crippen LogP contribution in [-0.2, 0) is 0 Å².